The topological polar surface area (TPSA) is 17.4 Å². The maximum Gasteiger partial charge on any atom is 0.0646 e. The zero-order valence-corrected chi connectivity index (χ0v) is 14.3. The molecule has 4 rings (SSSR count). The van der Waals surface area contributed by atoms with Crippen molar-refractivity contribution in [1.29, 1.82) is 0 Å². The highest BCUT2D eigenvalue weighted by molar-refractivity contribution is 6.07. The highest BCUT2D eigenvalue weighted by Crippen LogP contribution is 2.28. The van der Waals surface area contributed by atoms with Gasteiger partial charge in [-0.3, -0.25) is 0 Å². The van der Waals surface area contributed by atoms with Gasteiger partial charge < -0.3 is 14.2 Å². The number of rotatable bonds is 6. The highest BCUT2D eigenvalue weighted by Gasteiger charge is 2.10. The van der Waals surface area contributed by atoms with Gasteiger partial charge in [-0.05, 0) is 38.1 Å². The molecule has 1 aliphatic heterocycles. The first-order chi connectivity index (χ1) is 11.9. The van der Waals surface area contributed by atoms with Crippen molar-refractivity contribution in [3.63, 3.8) is 0 Å². The summed E-state index contributed by atoms with van der Waals surface area (Å²) in [7, 11) is 0. The van der Waals surface area contributed by atoms with Gasteiger partial charge in [0.15, 0.2) is 0 Å². The molecule has 3 nitrogen and oxygen atoms in total. The second-order valence-corrected chi connectivity index (χ2v) is 6.70. The van der Waals surface area contributed by atoms with Gasteiger partial charge in [0.2, 0.25) is 0 Å². The van der Waals surface area contributed by atoms with Gasteiger partial charge in [-0.15, -0.1) is 0 Å². The molecule has 1 saturated heterocycles. The zero-order chi connectivity index (χ0) is 16.2. The number of fused-ring (bicyclic) bond motifs is 3. The fraction of sp³-hybridized carbons (Fsp3) is 0.429. The molecule has 2 heterocycles. The maximum absolute atomic E-state index is 5.95. The van der Waals surface area contributed by atoms with Crippen molar-refractivity contribution >= 4 is 21.8 Å². The molecule has 1 fully saturated rings. The van der Waals surface area contributed by atoms with E-state index in [9.17, 15) is 0 Å². The molecule has 0 spiro atoms. The lowest BCUT2D eigenvalue weighted by Crippen LogP contribution is -2.32. The number of hydrogen-bond acceptors (Lipinski definition) is 2. The van der Waals surface area contributed by atoms with Gasteiger partial charge in [-0.2, -0.15) is 0 Å². The summed E-state index contributed by atoms with van der Waals surface area (Å²) >= 11 is 0. The Balaban J connectivity index is 1.40. The van der Waals surface area contributed by atoms with Crippen LogP contribution in [0.25, 0.3) is 21.8 Å². The molecule has 0 N–H and O–H groups in total. The van der Waals surface area contributed by atoms with E-state index in [-0.39, 0.29) is 0 Å². The van der Waals surface area contributed by atoms with E-state index >= 15 is 0 Å². The molecule has 0 aliphatic carbocycles. The number of nitrogens with zero attached hydrogens (tertiary/aromatic N) is 2. The molecule has 3 aromatic rings. The molecule has 2 aromatic carbocycles. The van der Waals surface area contributed by atoms with E-state index < -0.39 is 0 Å². The fourth-order valence-electron chi connectivity index (χ4n) is 3.88. The van der Waals surface area contributed by atoms with Gasteiger partial charge in [0.05, 0.1) is 13.2 Å². The van der Waals surface area contributed by atoms with Crippen LogP contribution in [0.2, 0.25) is 0 Å². The Labute approximate surface area is 143 Å². The van der Waals surface area contributed by atoms with Crippen LogP contribution in [0.4, 0.5) is 0 Å². The van der Waals surface area contributed by atoms with E-state index in [0.717, 1.165) is 26.3 Å². The van der Waals surface area contributed by atoms with E-state index in [1.54, 1.807) is 0 Å². The lowest BCUT2D eigenvalue weighted by Gasteiger charge is -2.26. The van der Waals surface area contributed by atoms with Crippen LogP contribution < -0.4 is 0 Å². The molecule has 3 heteroatoms. The lowest BCUT2D eigenvalue weighted by molar-refractivity contribution is 0.0923. The SMILES string of the molecule is c1ccc2c(c1)c1ccccc1n2CCOCCN1CCCCC1. The van der Waals surface area contributed by atoms with Gasteiger partial charge in [0.25, 0.3) is 0 Å². The van der Waals surface area contributed by atoms with Crippen molar-refractivity contribution in [3.8, 4) is 0 Å². The van der Waals surface area contributed by atoms with Crippen LogP contribution in [0, 0.1) is 0 Å². The number of para-hydroxylation sites is 2. The number of likely N-dealkylation sites (tertiary alicyclic amines) is 1. The largest absolute Gasteiger partial charge is 0.378 e. The quantitative estimate of drug-likeness (QED) is 0.630. The van der Waals surface area contributed by atoms with Crippen LogP contribution in [0.15, 0.2) is 48.5 Å². The highest BCUT2D eigenvalue weighted by atomic mass is 16.5. The maximum atomic E-state index is 5.95. The minimum Gasteiger partial charge on any atom is -0.378 e. The van der Waals surface area contributed by atoms with E-state index in [2.05, 4.69) is 58.0 Å². The summed E-state index contributed by atoms with van der Waals surface area (Å²) in [4.78, 5) is 2.53. The molecule has 0 atom stereocenters. The van der Waals surface area contributed by atoms with Crippen LogP contribution in [-0.4, -0.2) is 42.3 Å². The third-order valence-corrected chi connectivity index (χ3v) is 5.14. The van der Waals surface area contributed by atoms with Crippen molar-refractivity contribution < 1.29 is 4.74 Å². The number of hydrogen-bond donors (Lipinski definition) is 0. The second kappa shape index (κ2) is 7.37. The summed E-state index contributed by atoms with van der Waals surface area (Å²) < 4.78 is 8.34. The summed E-state index contributed by atoms with van der Waals surface area (Å²) in [6.07, 6.45) is 4.09. The van der Waals surface area contributed by atoms with Gasteiger partial charge in [0, 0.05) is 34.9 Å². The summed E-state index contributed by atoms with van der Waals surface area (Å²) in [5.41, 5.74) is 2.61. The predicted octanol–water partition coefficient (Wildman–Crippen LogP) is 4.30. The molecule has 0 radical (unpaired) electrons. The van der Waals surface area contributed by atoms with Gasteiger partial charge in [-0.1, -0.05) is 42.8 Å². The van der Waals surface area contributed by atoms with Crippen molar-refractivity contribution in [2.24, 2.45) is 0 Å². The lowest BCUT2D eigenvalue weighted by atomic mass is 10.1. The third-order valence-electron chi connectivity index (χ3n) is 5.14. The van der Waals surface area contributed by atoms with Crippen LogP contribution in [0.1, 0.15) is 19.3 Å². The zero-order valence-electron chi connectivity index (χ0n) is 14.3. The van der Waals surface area contributed by atoms with E-state index in [1.807, 2.05) is 0 Å². The van der Waals surface area contributed by atoms with Crippen molar-refractivity contribution in [2.75, 3.05) is 32.8 Å². The summed E-state index contributed by atoms with van der Waals surface area (Å²) in [5.74, 6) is 0. The molecule has 0 saturated carbocycles. The molecule has 0 bridgehead atoms. The van der Waals surface area contributed by atoms with Crippen molar-refractivity contribution in [3.05, 3.63) is 48.5 Å². The van der Waals surface area contributed by atoms with E-state index in [1.165, 1.54) is 54.2 Å². The first-order valence-corrected chi connectivity index (χ1v) is 9.19. The monoisotopic (exact) mass is 322 g/mol. The van der Waals surface area contributed by atoms with Crippen LogP contribution in [0.5, 0.6) is 0 Å². The summed E-state index contributed by atoms with van der Waals surface area (Å²) in [6, 6.07) is 17.3. The van der Waals surface area contributed by atoms with Crippen LogP contribution in [0.3, 0.4) is 0 Å². The fourth-order valence-corrected chi connectivity index (χ4v) is 3.88. The standard InChI is InChI=1S/C21H26N2O/c1-6-12-22(13-7-1)14-16-24-17-15-23-20-10-4-2-8-18(20)19-9-3-5-11-21(19)23/h2-5,8-11H,1,6-7,12-17H2. The Morgan fingerprint density at radius 2 is 1.29 bits per heavy atom. The number of aromatic nitrogens is 1. The van der Waals surface area contributed by atoms with Gasteiger partial charge in [-0.25, -0.2) is 0 Å². The number of benzene rings is 2. The van der Waals surface area contributed by atoms with Gasteiger partial charge in [0.1, 0.15) is 0 Å². The van der Waals surface area contributed by atoms with Crippen LogP contribution >= 0.6 is 0 Å². The smallest absolute Gasteiger partial charge is 0.0646 e. The molecule has 0 amide bonds. The van der Waals surface area contributed by atoms with E-state index in [0.29, 0.717) is 0 Å². The Morgan fingerprint density at radius 1 is 0.708 bits per heavy atom. The molecular formula is C21H26N2O. The van der Waals surface area contributed by atoms with Crippen molar-refractivity contribution in [1.82, 2.24) is 9.47 Å². The number of ether oxygens (including phenoxy) is 1. The normalized spacial score (nSPS) is 16.2. The van der Waals surface area contributed by atoms with Crippen LogP contribution in [-0.2, 0) is 11.3 Å². The van der Waals surface area contributed by atoms with Crippen molar-refractivity contribution in [2.45, 2.75) is 25.8 Å². The Morgan fingerprint density at radius 3 is 1.96 bits per heavy atom. The Bertz CT molecular complexity index is 749. The molecule has 24 heavy (non-hydrogen) atoms. The third kappa shape index (κ3) is 3.19. The Hall–Kier alpha value is -1.84. The average Bonchev–Trinajstić information content (AvgIpc) is 2.97. The first kappa shape index (κ1) is 15.7. The number of piperidine rings is 1. The Kier molecular flexibility index (Phi) is 4.81. The molecule has 0 unspecified atom stereocenters. The van der Waals surface area contributed by atoms with Gasteiger partial charge >= 0.3 is 0 Å². The molecule has 126 valence electrons. The minimum atomic E-state index is 0.774. The summed E-state index contributed by atoms with van der Waals surface area (Å²) in [5, 5.41) is 2.67. The molecule has 1 aliphatic rings. The summed E-state index contributed by atoms with van der Waals surface area (Å²) in [6.45, 7) is 6.10. The van der Waals surface area contributed by atoms with E-state index in [4.69, 9.17) is 4.74 Å². The second-order valence-electron chi connectivity index (χ2n) is 6.70. The molecular weight excluding hydrogens is 296 g/mol. The average molecular weight is 322 g/mol. The molecule has 1 aromatic heterocycles. The predicted molar refractivity (Wildman–Crippen MR) is 101 cm³/mol. The first-order valence-electron chi connectivity index (χ1n) is 9.19. The minimum absolute atomic E-state index is 0.774.